The summed E-state index contributed by atoms with van der Waals surface area (Å²) in [5.74, 6) is -0.226. The largest absolute Gasteiger partial charge is 0.376 e. The molecule has 2 aromatic carbocycles. The quantitative estimate of drug-likeness (QED) is 0.627. The molecule has 0 saturated carbocycles. The fraction of sp³-hybridized carbons (Fsp3) is 0.0667. The molecule has 2 rings (SSSR count). The van der Waals surface area contributed by atoms with Crippen LogP contribution in [0.4, 0.5) is 5.69 Å². The van der Waals surface area contributed by atoms with Gasteiger partial charge in [0.05, 0.1) is 12.8 Å². The minimum absolute atomic E-state index is 0.136. The van der Waals surface area contributed by atoms with Crippen LogP contribution in [0.15, 0.2) is 58.1 Å². The lowest BCUT2D eigenvalue weighted by atomic mass is 10.2. The second-order valence-electron chi connectivity index (χ2n) is 4.21. The van der Waals surface area contributed by atoms with Crippen molar-refractivity contribution in [1.29, 1.82) is 0 Å². The Morgan fingerprint density at radius 3 is 2.71 bits per heavy atom. The number of hydrazone groups is 1. The molecule has 0 fully saturated rings. The molecule has 0 saturated heterocycles. The van der Waals surface area contributed by atoms with Crippen LogP contribution in [0.25, 0.3) is 0 Å². The molecule has 2 aromatic rings. The monoisotopic (exact) mass is 365 g/mol. The zero-order valence-electron chi connectivity index (χ0n) is 11.0. The Bertz CT molecular complexity index is 644. The third kappa shape index (κ3) is 5.57. The molecule has 1 amide bonds. The molecular formula is C15H13BrClN3O. The third-order valence-corrected chi connectivity index (χ3v) is 3.29. The number of hydrogen-bond acceptors (Lipinski definition) is 3. The molecule has 0 spiro atoms. The van der Waals surface area contributed by atoms with Crippen LogP contribution in [0, 0.1) is 0 Å². The van der Waals surface area contributed by atoms with Crippen molar-refractivity contribution in [3.63, 3.8) is 0 Å². The topological polar surface area (TPSA) is 53.5 Å². The lowest BCUT2D eigenvalue weighted by Crippen LogP contribution is -2.25. The molecule has 0 heterocycles. The van der Waals surface area contributed by atoms with Gasteiger partial charge < -0.3 is 5.32 Å². The van der Waals surface area contributed by atoms with E-state index in [9.17, 15) is 4.79 Å². The predicted octanol–water partition coefficient (Wildman–Crippen LogP) is 3.66. The van der Waals surface area contributed by atoms with E-state index in [4.69, 9.17) is 11.6 Å². The number of carbonyl (C=O) groups excluding carboxylic acids is 1. The summed E-state index contributed by atoms with van der Waals surface area (Å²) in [5.41, 5.74) is 4.18. The highest BCUT2D eigenvalue weighted by atomic mass is 79.9. The van der Waals surface area contributed by atoms with Gasteiger partial charge in [0, 0.05) is 15.2 Å². The van der Waals surface area contributed by atoms with E-state index in [-0.39, 0.29) is 12.5 Å². The summed E-state index contributed by atoms with van der Waals surface area (Å²) in [6.45, 7) is 0.136. The molecular weight excluding hydrogens is 354 g/mol. The van der Waals surface area contributed by atoms with Crippen LogP contribution in [0.1, 0.15) is 5.56 Å². The van der Waals surface area contributed by atoms with Crippen molar-refractivity contribution in [2.24, 2.45) is 5.10 Å². The number of hydrogen-bond donors (Lipinski definition) is 2. The van der Waals surface area contributed by atoms with E-state index in [1.54, 1.807) is 30.5 Å². The molecule has 0 atom stereocenters. The lowest BCUT2D eigenvalue weighted by Gasteiger charge is -2.05. The molecule has 6 heteroatoms. The van der Waals surface area contributed by atoms with Crippen molar-refractivity contribution in [3.05, 3.63) is 63.6 Å². The molecule has 2 N–H and O–H groups in total. The Labute approximate surface area is 136 Å². The number of halogens is 2. The Morgan fingerprint density at radius 2 is 2.00 bits per heavy atom. The van der Waals surface area contributed by atoms with Gasteiger partial charge in [0.1, 0.15) is 0 Å². The van der Waals surface area contributed by atoms with Gasteiger partial charge in [0.15, 0.2) is 0 Å². The number of carbonyl (C=O) groups is 1. The molecule has 0 aromatic heterocycles. The maximum Gasteiger partial charge on any atom is 0.259 e. The summed E-state index contributed by atoms with van der Waals surface area (Å²) in [7, 11) is 0. The normalized spacial score (nSPS) is 10.6. The minimum Gasteiger partial charge on any atom is -0.376 e. The van der Waals surface area contributed by atoms with Gasteiger partial charge in [-0.25, -0.2) is 5.43 Å². The summed E-state index contributed by atoms with van der Waals surface area (Å²) in [5, 5.41) is 7.54. The summed E-state index contributed by atoms with van der Waals surface area (Å²) < 4.78 is 0.960. The maximum absolute atomic E-state index is 11.6. The molecule has 0 aliphatic carbocycles. The number of anilines is 1. The summed E-state index contributed by atoms with van der Waals surface area (Å²) in [6.07, 6.45) is 1.59. The molecule has 0 aliphatic rings. The smallest absolute Gasteiger partial charge is 0.259 e. The van der Waals surface area contributed by atoms with E-state index in [1.807, 2.05) is 24.3 Å². The standard InChI is InChI=1S/C15H13BrClN3O/c16-12-3-1-2-11(8-12)9-19-20-15(21)10-18-14-6-4-13(17)5-7-14/h1-9,18H,10H2,(H,20,21)/b19-9+. The van der Waals surface area contributed by atoms with Crippen LogP contribution in [-0.4, -0.2) is 18.7 Å². The Morgan fingerprint density at radius 1 is 1.24 bits per heavy atom. The van der Waals surface area contributed by atoms with Gasteiger partial charge in [-0.3, -0.25) is 4.79 Å². The van der Waals surface area contributed by atoms with E-state index in [0.29, 0.717) is 5.02 Å². The van der Waals surface area contributed by atoms with Crippen LogP contribution in [0.2, 0.25) is 5.02 Å². The number of amides is 1. The molecule has 4 nitrogen and oxygen atoms in total. The van der Waals surface area contributed by atoms with Gasteiger partial charge in [0.25, 0.3) is 5.91 Å². The van der Waals surface area contributed by atoms with E-state index in [2.05, 4.69) is 31.8 Å². The lowest BCUT2D eigenvalue weighted by molar-refractivity contribution is -0.119. The number of benzene rings is 2. The van der Waals surface area contributed by atoms with Gasteiger partial charge in [-0.05, 0) is 42.0 Å². The fourth-order valence-electron chi connectivity index (χ4n) is 1.56. The minimum atomic E-state index is -0.226. The van der Waals surface area contributed by atoms with Crippen LogP contribution in [0.5, 0.6) is 0 Å². The zero-order chi connectivity index (χ0) is 15.1. The van der Waals surface area contributed by atoms with E-state index < -0.39 is 0 Å². The van der Waals surface area contributed by atoms with Crippen molar-refractivity contribution in [3.8, 4) is 0 Å². The van der Waals surface area contributed by atoms with Gasteiger partial charge in [-0.15, -0.1) is 0 Å². The molecule has 0 bridgehead atoms. The Balaban J connectivity index is 1.78. The van der Waals surface area contributed by atoms with Gasteiger partial charge in [0.2, 0.25) is 0 Å². The van der Waals surface area contributed by atoms with Crippen LogP contribution in [-0.2, 0) is 4.79 Å². The van der Waals surface area contributed by atoms with Gasteiger partial charge in [-0.2, -0.15) is 5.10 Å². The molecule has 21 heavy (non-hydrogen) atoms. The highest BCUT2D eigenvalue weighted by Gasteiger charge is 1.99. The van der Waals surface area contributed by atoms with Crippen molar-refractivity contribution in [2.45, 2.75) is 0 Å². The third-order valence-electron chi connectivity index (χ3n) is 2.55. The Kier molecular flexibility index (Phi) is 5.78. The summed E-state index contributed by atoms with van der Waals surface area (Å²) in [4.78, 5) is 11.6. The van der Waals surface area contributed by atoms with Gasteiger partial charge >= 0.3 is 0 Å². The first-order valence-electron chi connectivity index (χ1n) is 6.20. The highest BCUT2D eigenvalue weighted by molar-refractivity contribution is 9.10. The van der Waals surface area contributed by atoms with Crippen molar-refractivity contribution < 1.29 is 4.79 Å². The number of nitrogens with zero attached hydrogens (tertiary/aromatic N) is 1. The SMILES string of the molecule is O=C(CNc1ccc(Cl)cc1)N/N=C/c1cccc(Br)c1. The van der Waals surface area contributed by atoms with Crippen molar-refractivity contribution in [2.75, 3.05) is 11.9 Å². The first-order valence-corrected chi connectivity index (χ1v) is 7.37. The molecule has 0 aliphatic heterocycles. The second-order valence-corrected chi connectivity index (χ2v) is 5.56. The number of nitrogens with one attached hydrogen (secondary N) is 2. The first kappa shape index (κ1) is 15.5. The second kappa shape index (κ2) is 7.81. The van der Waals surface area contributed by atoms with E-state index in [1.165, 1.54) is 0 Å². The van der Waals surface area contributed by atoms with Crippen LogP contribution >= 0.6 is 27.5 Å². The van der Waals surface area contributed by atoms with E-state index >= 15 is 0 Å². The highest BCUT2D eigenvalue weighted by Crippen LogP contribution is 2.12. The number of rotatable bonds is 5. The first-order chi connectivity index (χ1) is 10.1. The summed E-state index contributed by atoms with van der Waals surface area (Å²) >= 11 is 9.15. The van der Waals surface area contributed by atoms with Gasteiger partial charge in [-0.1, -0.05) is 39.7 Å². The van der Waals surface area contributed by atoms with Crippen molar-refractivity contribution >= 4 is 45.3 Å². The Hall–Kier alpha value is -1.85. The van der Waals surface area contributed by atoms with Crippen LogP contribution < -0.4 is 10.7 Å². The van der Waals surface area contributed by atoms with E-state index in [0.717, 1.165) is 15.7 Å². The van der Waals surface area contributed by atoms with Crippen molar-refractivity contribution in [1.82, 2.24) is 5.43 Å². The fourth-order valence-corrected chi connectivity index (χ4v) is 2.10. The molecule has 0 radical (unpaired) electrons. The molecule has 0 unspecified atom stereocenters. The maximum atomic E-state index is 11.6. The molecule has 108 valence electrons. The average Bonchev–Trinajstić information content (AvgIpc) is 2.47. The summed E-state index contributed by atoms with van der Waals surface area (Å²) in [6, 6.07) is 14.7. The zero-order valence-corrected chi connectivity index (χ0v) is 13.4. The average molecular weight is 367 g/mol. The predicted molar refractivity (Wildman–Crippen MR) is 89.8 cm³/mol. The van der Waals surface area contributed by atoms with Crippen LogP contribution in [0.3, 0.4) is 0 Å².